The van der Waals surface area contributed by atoms with Crippen LogP contribution in [0.1, 0.15) is 11.3 Å². The molecule has 0 atom stereocenters. The molecule has 5 nitrogen and oxygen atoms in total. The molecule has 2 rings (SSSR count). The van der Waals surface area contributed by atoms with Gasteiger partial charge in [0.15, 0.2) is 0 Å². The van der Waals surface area contributed by atoms with Gasteiger partial charge in [-0.05, 0) is 13.0 Å². The normalized spacial score (nSPS) is 10.5. The van der Waals surface area contributed by atoms with Gasteiger partial charge in [-0.15, -0.1) is 0 Å². The van der Waals surface area contributed by atoms with Crippen LogP contribution in [0.2, 0.25) is 0 Å². The minimum absolute atomic E-state index is 0.227. The second kappa shape index (κ2) is 3.61. The number of nitrogens with zero attached hydrogens (tertiary/aromatic N) is 1. The van der Waals surface area contributed by atoms with Crippen LogP contribution in [0.25, 0.3) is 0 Å². The van der Waals surface area contributed by atoms with E-state index in [1.807, 2.05) is 0 Å². The third kappa shape index (κ3) is 1.90. The molecule has 2 aromatic heterocycles. The first-order valence-electron chi connectivity index (χ1n) is 4.48. The Morgan fingerprint density at radius 1 is 1.47 bits per heavy atom. The Morgan fingerprint density at radius 2 is 2.27 bits per heavy atom. The van der Waals surface area contributed by atoms with Crippen LogP contribution in [0.5, 0.6) is 0 Å². The summed E-state index contributed by atoms with van der Waals surface area (Å²) in [5.74, 6) is 0. The van der Waals surface area contributed by atoms with Crippen LogP contribution in [0.4, 0.5) is 0 Å². The molecule has 0 radical (unpaired) electrons. The van der Waals surface area contributed by atoms with Crippen LogP contribution >= 0.6 is 0 Å². The summed E-state index contributed by atoms with van der Waals surface area (Å²) in [5, 5.41) is 0. The molecule has 0 bridgehead atoms. The Bertz CT molecular complexity index is 532. The Hall–Kier alpha value is -2.04. The smallest absolute Gasteiger partial charge is 0.328 e. The van der Waals surface area contributed by atoms with E-state index in [1.54, 1.807) is 13.0 Å². The highest BCUT2D eigenvalue weighted by Gasteiger charge is 2.03. The second-order valence-electron chi connectivity index (χ2n) is 3.31. The molecule has 78 valence electrons. The van der Waals surface area contributed by atoms with Gasteiger partial charge in [-0.25, -0.2) is 4.79 Å². The highest BCUT2D eigenvalue weighted by molar-refractivity contribution is 5.07. The van der Waals surface area contributed by atoms with E-state index < -0.39 is 5.69 Å². The van der Waals surface area contributed by atoms with E-state index in [-0.39, 0.29) is 12.1 Å². The molecule has 0 aliphatic heterocycles. The number of aromatic nitrogens is 2. The number of aromatic amines is 1. The fraction of sp³-hybridized carbons (Fsp3) is 0.200. The van der Waals surface area contributed by atoms with Crippen molar-refractivity contribution in [3.05, 3.63) is 56.8 Å². The fourth-order valence-corrected chi connectivity index (χ4v) is 1.35. The molecule has 0 saturated carbocycles. The Labute approximate surface area is 85.0 Å². The summed E-state index contributed by atoms with van der Waals surface area (Å²) in [6, 6.07) is 3.10. The highest BCUT2D eigenvalue weighted by Crippen LogP contribution is 1.99. The Morgan fingerprint density at radius 3 is 2.87 bits per heavy atom. The quantitative estimate of drug-likeness (QED) is 0.777. The first kappa shape index (κ1) is 9.51. The molecule has 0 unspecified atom stereocenters. The summed E-state index contributed by atoms with van der Waals surface area (Å²) in [4.78, 5) is 25.5. The Kier molecular flexibility index (Phi) is 2.29. The molecule has 5 heteroatoms. The van der Waals surface area contributed by atoms with Crippen molar-refractivity contribution in [2.24, 2.45) is 0 Å². The third-order valence-electron chi connectivity index (χ3n) is 2.08. The van der Waals surface area contributed by atoms with Gasteiger partial charge in [-0.1, -0.05) is 0 Å². The number of nitrogens with one attached hydrogen (secondary N) is 1. The van der Waals surface area contributed by atoms with Crippen molar-refractivity contribution < 1.29 is 4.42 Å². The van der Waals surface area contributed by atoms with E-state index >= 15 is 0 Å². The van der Waals surface area contributed by atoms with E-state index in [2.05, 4.69) is 4.98 Å². The van der Waals surface area contributed by atoms with Crippen molar-refractivity contribution in [1.82, 2.24) is 9.55 Å². The number of furan rings is 1. The molecule has 0 saturated heterocycles. The van der Waals surface area contributed by atoms with Crippen LogP contribution in [-0.2, 0) is 6.54 Å². The summed E-state index contributed by atoms with van der Waals surface area (Å²) in [7, 11) is 0. The maximum absolute atomic E-state index is 11.5. The number of hydrogen-bond acceptors (Lipinski definition) is 3. The average Bonchev–Trinajstić information content (AvgIpc) is 2.63. The minimum Gasteiger partial charge on any atom is -0.472 e. The van der Waals surface area contributed by atoms with Gasteiger partial charge in [0.2, 0.25) is 0 Å². The van der Waals surface area contributed by atoms with Crippen molar-refractivity contribution in [3.8, 4) is 0 Å². The largest absolute Gasteiger partial charge is 0.472 e. The van der Waals surface area contributed by atoms with Crippen LogP contribution < -0.4 is 11.2 Å². The lowest BCUT2D eigenvalue weighted by atomic mass is 10.3. The molecular weight excluding hydrogens is 196 g/mol. The van der Waals surface area contributed by atoms with Gasteiger partial charge in [-0.2, -0.15) is 0 Å². The molecular formula is C10H10N2O3. The van der Waals surface area contributed by atoms with Gasteiger partial charge >= 0.3 is 5.69 Å². The standard InChI is InChI=1S/C10H10N2O3/c1-7-4-9(13)12(10(14)11-7)5-8-2-3-15-6-8/h2-4,6H,5H2,1H3,(H,11,14). The lowest BCUT2D eigenvalue weighted by molar-refractivity contribution is 0.560. The molecule has 0 aromatic carbocycles. The predicted octanol–water partition coefficient (Wildman–Crippen LogP) is 0.486. The van der Waals surface area contributed by atoms with E-state index in [4.69, 9.17) is 4.42 Å². The van der Waals surface area contributed by atoms with E-state index in [1.165, 1.54) is 18.6 Å². The summed E-state index contributed by atoms with van der Waals surface area (Å²) >= 11 is 0. The van der Waals surface area contributed by atoms with Crippen molar-refractivity contribution in [2.75, 3.05) is 0 Å². The lowest BCUT2D eigenvalue weighted by Crippen LogP contribution is -2.35. The number of rotatable bonds is 2. The molecule has 1 N–H and O–H groups in total. The fourth-order valence-electron chi connectivity index (χ4n) is 1.35. The van der Waals surface area contributed by atoms with E-state index in [0.717, 1.165) is 10.1 Å². The average molecular weight is 206 g/mol. The second-order valence-corrected chi connectivity index (χ2v) is 3.31. The summed E-state index contributed by atoms with van der Waals surface area (Å²) in [5.41, 5.74) is 0.638. The zero-order valence-electron chi connectivity index (χ0n) is 8.19. The van der Waals surface area contributed by atoms with Crippen LogP contribution in [0.3, 0.4) is 0 Å². The SMILES string of the molecule is Cc1cc(=O)n(Cc2ccoc2)c(=O)[nH]1. The predicted molar refractivity (Wildman–Crippen MR) is 53.9 cm³/mol. The first-order chi connectivity index (χ1) is 7.16. The van der Waals surface area contributed by atoms with Gasteiger partial charge in [0.05, 0.1) is 19.1 Å². The zero-order chi connectivity index (χ0) is 10.8. The maximum Gasteiger partial charge on any atom is 0.328 e. The maximum atomic E-state index is 11.5. The van der Waals surface area contributed by atoms with Gasteiger partial charge in [0.25, 0.3) is 5.56 Å². The summed E-state index contributed by atoms with van der Waals surface area (Å²) in [6.07, 6.45) is 3.01. The monoisotopic (exact) mass is 206 g/mol. The molecule has 15 heavy (non-hydrogen) atoms. The van der Waals surface area contributed by atoms with Crippen LogP contribution in [0.15, 0.2) is 38.7 Å². The van der Waals surface area contributed by atoms with Crippen molar-refractivity contribution in [1.29, 1.82) is 0 Å². The molecule has 0 aliphatic rings. The topological polar surface area (TPSA) is 68.0 Å². The molecule has 0 aliphatic carbocycles. The molecule has 0 amide bonds. The van der Waals surface area contributed by atoms with Crippen molar-refractivity contribution in [3.63, 3.8) is 0 Å². The number of H-pyrrole nitrogens is 1. The van der Waals surface area contributed by atoms with Crippen molar-refractivity contribution in [2.45, 2.75) is 13.5 Å². The van der Waals surface area contributed by atoms with Crippen molar-refractivity contribution >= 4 is 0 Å². The summed E-state index contributed by atoms with van der Waals surface area (Å²) in [6.45, 7) is 1.90. The first-order valence-corrected chi connectivity index (χ1v) is 4.48. The lowest BCUT2D eigenvalue weighted by Gasteiger charge is -2.01. The molecule has 0 spiro atoms. The zero-order valence-corrected chi connectivity index (χ0v) is 8.19. The molecule has 2 aromatic rings. The van der Waals surface area contributed by atoms with Crippen LogP contribution in [0, 0.1) is 6.92 Å². The van der Waals surface area contributed by atoms with Gasteiger partial charge < -0.3 is 9.40 Å². The highest BCUT2D eigenvalue weighted by atomic mass is 16.3. The van der Waals surface area contributed by atoms with E-state index in [0.29, 0.717) is 5.69 Å². The number of hydrogen-bond donors (Lipinski definition) is 1. The minimum atomic E-state index is -0.402. The third-order valence-corrected chi connectivity index (χ3v) is 2.08. The van der Waals surface area contributed by atoms with Gasteiger partial charge in [0.1, 0.15) is 0 Å². The summed E-state index contributed by atoms with van der Waals surface area (Å²) < 4.78 is 5.99. The van der Waals surface area contributed by atoms with Gasteiger partial charge in [0, 0.05) is 17.3 Å². The van der Waals surface area contributed by atoms with Gasteiger partial charge in [-0.3, -0.25) is 9.36 Å². The van der Waals surface area contributed by atoms with E-state index in [9.17, 15) is 9.59 Å². The molecule has 0 fully saturated rings. The molecule has 2 heterocycles. The number of aryl methyl sites for hydroxylation is 1. The Balaban J connectivity index is 2.46. The van der Waals surface area contributed by atoms with Crippen LogP contribution in [-0.4, -0.2) is 9.55 Å².